The van der Waals surface area contributed by atoms with E-state index in [4.69, 9.17) is 23.2 Å². The molecule has 0 bridgehead atoms. The van der Waals surface area contributed by atoms with Gasteiger partial charge in [0.25, 0.3) is 0 Å². The van der Waals surface area contributed by atoms with Gasteiger partial charge in [-0.25, -0.2) is 0 Å². The summed E-state index contributed by atoms with van der Waals surface area (Å²) in [7, 11) is 0. The largest absolute Gasteiger partial charge is 0.393 e. The Morgan fingerprint density at radius 2 is 1.64 bits per heavy atom. The lowest BCUT2D eigenvalue weighted by Gasteiger charge is -2.38. The summed E-state index contributed by atoms with van der Waals surface area (Å²) in [6.45, 7) is 2.31. The summed E-state index contributed by atoms with van der Waals surface area (Å²) in [6, 6.07) is 11.1. The van der Waals surface area contributed by atoms with E-state index in [9.17, 15) is 23.1 Å². The average molecular weight is 501 g/mol. The monoisotopic (exact) mass is 500 g/mol. The van der Waals surface area contributed by atoms with E-state index >= 15 is 0 Å². The summed E-state index contributed by atoms with van der Waals surface area (Å²) >= 11 is 12.1. The number of likely N-dealkylation sites (tertiary alicyclic amines) is 1. The fourth-order valence-electron chi connectivity index (χ4n) is 4.83. The molecule has 9 heteroatoms. The maximum atomic E-state index is 13.3. The predicted octanol–water partition coefficient (Wildman–Crippen LogP) is 5.65. The third-order valence-electron chi connectivity index (χ3n) is 6.73. The molecule has 33 heavy (non-hydrogen) atoms. The van der Waals surface area contributed by atoms with E-state index in [1.165, 1.54) is 12.1 Å². The molecule has 0 aromatic heterocycles. The number of alkyl halides is 3. The predicted molar refractivity (Wildman–Crippen MR) is 123 cm³/mol. The Kier molecular flexibility index (Phi) is 6.97. The van der Waals surface area contributed by atoms with Gasteiger partial charge in [-0.05, 0) is 62.2 Å². The van der Waals surface area contributed by atoms with Gasteiger partial charge in [0.15, 0.2) is 0 Å². The van der Waals surface area contributed by atoms with Crippen LogP contribution in [-0.4, -0.2) is 48.3 Å². The molecule has 2 aromatic rings. The molecule has 1 unspecified atom stereocenters. The van der Waals surface area contributed by atoms with Crippen molar-refractivity contribution in [2.75, 3.05) is 31.1 Å². The number of piperidine rings is 1. The minimum Gasteiger partial charge on any atom is -0.387 e. The van der Waals surface area contributed by atoms with Gasteiger partial charge in [0.2, 0.25) is 5.91 Å². The van der Waals surface area contributed by atoms with Gasteiger partial charge in [-0.1, -0.05) is 41.4 Å². The molecule has 1 atom stereocenters. The fraction of sp³-hybridized carbons (Fsp3) is 0.458. The second-order valence-corrected chi connectivity index (χ2v) is 9.77. The number of carbonyl (C=O) groups is 1. The molecule has 2 aliphatic rings. The zero-order chi connectivity index (χ0) is 23.8. The maximum absolute atomic E-state index is 13.3. The summed E-state index contributed by atoms with van der Waals surface area (Å²) in [4.78, 5) is 17.1. The number of aliphatic hydroxyl groups excluding tert-OH is 1. The normalized spacial score (nSPS) is 19.9. The Balaban J connectivity index is 1.35. The Morgan fingerprint density at radius 3 is 2.24 bits per heavy atom. The van der Waals surface area contributed by atoms with Gasteiger partial charge in [0.05, 0.1) is 17.9 Å². The molecular formula is C24H25Cl2F3N2O2. The summed E-state index contributed by atoms with van der Waals surface area (Å²) in [5, 5.41) is 11.6. The molecule has 0 saturated carbocycles. The second kappa shape index (κ2) is 9.45. The third-order valence-corrected chi connectivity index (χ3v) is 7.29. The van der Waals surface area contributed by atoms with Crippen LogP contribution >= 0.6 is 23.2 Å². The molecule has 2 aromatic carbocycles. The number of hydrogen-bond acceptors (Lipinski definition) is 3. The van der Waals surface area contributed by atoms with Crippen LogP contribution < -0.4 is 4.90 Å². The van der Waals surface area contributed by atoms with Crippen LogP contribution in [0.15, 0.2) is 42.5 Å². The van der Waals surface area contributed by atoms with Crippen molar-refractivity contribution in [2.24, 2.45) is 5.41 Å². The van der Waals surface area contributed by atoms with Crippen molar-refractivity contribution in [3.63, 3.8) is 0 Å². The number of β-amino-alcohol motifs (C(OH)–C–C–N with tert-alkyl or cyclic N) is 1. The highest BCUT2D eigenvalue weighted by molar-refractivity contribution is 6.35. The number of amides is 1. The molecule has 2 fully saturated rings. The summed E-state index contributed by atoms with van der Waals surface area (Å²) in [5.74, 6) is 0.0343. The summed E-state index contributed by atoms with van der Waals surface area (Å²) in [5.41, 5.74) is 0.987. The van der Waals surface area contributed by atoms with E-state index in [-0.39, 0.29) is 11.5 Å². The van der Waals surface area contributed by atoms with Crippen molar-refractivity contribution in [1.29, 1.82) is 0 Å². The molecule has 0 aliphatic carbocycles. The summed E-state index contributed by atoms with van der Waals surface area (Å²) < 4.78 is 37.8. The Morgan fingerprint density at radius 1 is 1.00 bits per heavy atom. The first-order valence-corrected chi connectivity index (χ1v) is 11.6. The number of benzene rings is 2. The van der Waals surface area contributed by atoms with Crippen LogP contribution in [0.3, 0.4) is 0 Å². The molecule has 4 nitrogen and oxygen atoms in total. The van der Waals surface area contributed by atoms with E-state index < -0.39 is 24.1 Å². The minimum atomic E-state index is -4.25. The van der Waals surface area contributed by atoms with Crippen LogP contribution in [-0.2, 0) is 11.2 Å². The zero-order valence-corrected chi connectivity index (χ0v) is 19.4. The maximum Gasteiger partial charge on any atom is 0.393 e. The van der Waals surface area contributed by atoms with E-state index in [2.05, 4.69) is 4.90 Å². The number of carbonyl (C=O) groups excluding carboxylic acids is 1. The SMILES string of the molecule is O=C1N(c2ccc(CC(F)(F)F)cc2)CCC12CCN(CC(O)c1ccc(Cl)cc1Cl)CC2. The smallest absolute Gasteiger partial charge is 0.387 e. The highest BCUT2D eigenvalue weighted by Gasteiger charge is 2.48. The van der Waals surface area contributed by atoms with Crippen molar-refractivity contribution in [2.45, 2.75) is 38.0 Å². The van der Waals surface area contributed by atoms with Crippen molar-refractivity contribution >= 4 is 34.8 Å². The van der Waals surface area contributed by atoms with E-state index in [1.54, 1.807) is 35.2 Å². The van der Waals surface area contributed by atoms with Crippen molar-refractivity contribution in [1.82, 2.24) is 4.90 Å². The Hall–Kier alpha value is -1.80. The van der Waals surface area contributed by atoms with Crippen LogP contribution in [0.25, 0.3) is 0 Å². The van der Waals surface area contributed by atoms with Gasteiger partial charge >= 0.3 is 6.18 Å². The Labute approximate surface area is 200 Å². The fourth-order valence-corrected chi connectivity index (χ4v) is 5.37. The van der Waals surface area contributed by atoms with E-state index in [0.29, 0.717) is 60.3 Å². The number of anilines is 1. The molecule has 2 aliphatic heterocycles. The lowest BCUT2D eigenvalue weighted by molar-refractivity contribution is -0.128. The van der Waals surface area contributed by atoms with E-state index in [0.717, 1.165) is 6.42 Å². The topological polar surface area (TPSA) is 43.8 Å². The quantitative estimate of drug-likeness (QED) is 0.576. The lowest BCUT2D eigenvalue weighted by atomic mass is 9.77. The molecule has 1 N–H and O–H groups in total. The van der Waals surface area contributed by atoms with Crippen molar-refractivity contribution < 1.29 is 23.1 Å². The molecule has 2 saturated heterocycles. The van der Waals surface area contributed by atoms with Crippen molar-refractivity contribution in [3.05, 3.63) is 63.6 Å². The minimum absolute atomic E-state index is 0.0343. The van der Waals surface area contributed by atoms with Crippen LogP contribution in [0.4, 0.5) is 18.9 Å². The summed E-state index contributed by atoms with van der Waals surface area (Å²) in [6.07, 6.45) is -3.92. The molecule has 1 amide bonds. The molecule has 178 valence electrons. The Bertz CT molecular complexity index is 1010. The van der Waals surface area contributed by atoms with Gasteiger partial charge in [0.1, 0.15) is 0 Å². The van der Waals surface area contributed by atoms with Crippen LogP contribution in [0, 0.1) is 5.41 Å². The molecular weight excluding hydrogens is 476 g/mol. The first kappa shape index (κ1) is 24.3. The first-order chi connectivity index (χ1) is 15.6. The number of nitrogens with zero attached hydrogens (tertiary/aromatic N) is 2. The number of hydrogen-bond donors (Lipinski definition) is 1. The zero-order valence-electron chi connectivity index (χ0n) is 17.9. The van der Waals surface area contributed by atoms with Crippen LogP contribution in [0.1, 0.15) is 36.5 Å². The molecule has 2 heterocycles. The van der Waals surface area contributed by atoms with Crippen LogP contribution in [0.5, 0.6) is 0 Å². The standard InChI is InChI=1S/C24H25Cl2F3N2O2/c25-17-3-6-19(20(26)13-17)21(32)15-30-10-7-23(8-11-30)9-12-31(22(23)33)18-4-1-16(2-5-18)14-24(27,28)29/h1-6,13,21,32H,7-12,14-15H2. The van der Waals surface area contributed by atoms with Gasteiger partial charge < -0.3 is 14.9 Å². The van der Waals surface area contributed by atoms with Gasteiger partial charge in [0, 0.05) is 34.4 Å². The highest BCUT2D eigenvalue weighted by atomic mass is 35.5. The highest BCUT2D eigenvalue weighted by Crippen LogP contribution is 2.43. The van der Waals surface area contributed by atoms with Crippen molar-refractivity contribution in [3.8, 4) is 0 Å². The molecule has 0 radical (unpaired) electrons. The number of halogens is 5. The second-order valence-electron chi connectivity index (χ2n) is 8.93. The first-order valence-electron chi connectivity index (χ1n) is 10.9. The van der Waals surface area contributed by atoms with Gasteiger partial charge in [-0.2, -0.15) is 13.2 Å². The molecule has 1 spiro atoms. The van der Waals surface area contributed by atoms with Gasteiger partial charge in [-0.15, -0.1) is 0 Å². The number of rotatable bonds is 5. The number of aliphatic hydroxyl groups is 1. The lowest BCUT2D eigenvalue weighted by Crippen LogP contribution is -2.45. The van der Waals surface area contributed by atoms with Gasteiger partial charge in [-0.3, -0.25) is 4.79 Å². The van der Waals surface area contributed by atoms with E-state index in [1.807, 2.05) is 0 Å². The van der Waals surface area contributed by atoms with Crippen LogP contribution in [0.2, 0.25) is 10.0 Å². The average Bonchev–Trinajstić information content (AvgIpc) is 3.05. The third kappa shape index (κ3) is 5.48. The molecule has 4 rings (SSSR count).